The SMILES string of the molecule is Cn1cc(-c2cccc(CC(=O)Nc3cc(N4CC[C@@](CC#N)(C5CC5)C4=O)ccn3)c2)nn1. The Morgan fingerprint density at radius 3 is 2.88 bits per heavy atom. The smallest absolute Gasteiger partial charge is 0.234 e. The molecule has 5 rings (SSSR count). The minimum Gasteiger partial charge on any atom is -0.312 e. The number of carbonyl (C=O) groups excluding carboxylic acids is 2. The molecule has 0 bridgehead atoms. The zero-order chi connectivity index (χ0) is 23.7. The number of nitrogens with one attached hydrogen (secondary N) is 1. The van der Waals surface area contributed by atoms with Crippen LogP contribution in [0.25, 0.3) is 11.3 Å². The van der Waals surface area contributed by atoms with E-state index in [4.69, 9.17) is 0 Å². The lowest BCUT2D eigenvalue weighted by atomic mass is 9.78. The topological polar surface area (TPSA) is 117 Å². The molecule has 2 amide bonds. The first-order chi connectivity index (χ1) is 16.5. The number of pyridine rings is 1. The van der Waals surface area contributed by atoms with Crippen molar-refractivity contribution in [1.82, 2.24) is 20.0 Å². The predicted molar refractivity (Wildman–Crippen MR) is 125 cm³/mol. The van der Waals surface area contributed by atoms with Gasteiger partial charge in [-0.05, 0) is 42.9 Å². The van der Waals surface area contributed by atoms with Crippen LogP contribution >= 0.6 is 0 Å². The molecule has 1 aliphatic carbocycles. The van der Waals surface area contributed by atoms with Gasteiger partial charge in [0, 0.05) is 43.5 Å². The number of hydrogen-bond donors (Lipinski definition) is 1. The Morgan fingerprint density at radius 2 is 2.15 bits per heavy atom. The van der Waals surface area contributed by atoms with E-state index in [9.17, 15) is 14.9 Å². The number of nitrogens with zero attached hydrogens (tertiary/aromatic N) is 6. The van der Waals surface area contributed by atoms with Gasteiger partial charge in [-0.3, -0.25) is 14.3 Å². The summed E-state index contributed by atoms with van der Waals surface area (Å²) in [5.74, 6) is 0.513. The molecule has 1 N–H and O–H groups in total. The van der Waals surface area contributed by atoms with Gasteiger partial charge in [-0.25, -0.2) is 4.98 Å². The van der Waals surface area contributed by atoms with Crippen LogP contribution in [-0.4, -0.2) is 38.3 Å². The number of aromatic nitrogens is 4. The number of hydrogen-bond acceptors (Lipinski definition) is 6. The Kier molecular flexibility index (Phi) is 5.57. The Labute approximate surface area is 197 Å². The van der Waals surface area contributed by atoms with Crippen molar-refractivity contribution in [2.75, 3.05) is 16.8 Å². The summed E-state index contributed by atoms with van der Waals surface area (Å²) in [6.07, 6.45) is 6.56. The highest BCUT2D eigenvalue weighted by Gasteiger charge is 2.55. The average Bonchev–Trinajstić information content (AvgIpc) is 3.51. The van der Waals surface area contributed by atoms with E-state index >= 15 is 0 Å². The summed E-state index contributed by atoms with van der Waals surface area (Å²) in [6.45, 7) is 0.573. The van der Waals surface area contributed by atoms with E-state index in [0.717, 1.165) is 29.7 Å². The molecule has 0 spiro atoms. The van der Waals surface area contributed by atoms with Gasteiger partial charge in [0.2, 0.25) is 11.8 Å². The van der Waals surface area contributed by atoms with Gasteiger partial charge in [0.15, 0.2) is 0 Å². The maximum atomic E-state index is 13.3. The van der Waals surface area contributed by atoms with Crippen molar-refractivity contribution in [3.63, 3.8) is 0 Å². The van der Waals surface area contributed by atoms with Gasteiger partial charge in [-0.15, -0.1) is 5.10 Å². The summed E-state index contributed by atoms with van der Waals surface area (Å²) in [6, 6.07) is 13.3. The highest BCUT2D eigenvalue weighted by atomic mass is 16.2. The molecule has 1 saturated carbocycles. The lowest BCUT2D eigenvalue weighted by Crippen LogP contribution is -2.36. The molecule has 0 unspecified atom stereocenters. The van der Waals surface area contributed by atoms with Crippen LogP contribution in [0.2, 0.25) is 0 Å². The molecule has 1 aromatic carbocycles. The summed E-state index contributed by atoms with van der Waals surface area (Å²) >= 11 is 0. The minimum atomic E-state index is -0.560. The lowest BCUT2D eigenvalue weighted by molar-refractivity contribution is -0.126. The minimum absolute atomic E-state index is 0.0147. The van der Waals surface area contributed by atoms with Crippen molar-refractivity contribution in [3.05, 3.63) is 54.4 Å². The molecule has 1 saturated heterocycles. The number of anilines is 2. The van der Waals surface area contributed by atoms with Crippen molar-refractivity contribution < 1.29 is 9.59 Å². The summed E-state index contributed by atoms with van der Waals surface area (Å²) in [7, 11) is 1.81. The maximum absolute atomic E-state index is 13.3. The summed E-state index contributed by atoms with van der Waals surface area (Å²) in [5, 5.41) is 20.2. The largest absolute Gasteiger partial charge is 0.312 e. The van der Waals surface area contributed by atoms with E-state index in [2.05, 4.69) is 26.7 Å². The average molecular weight is 456 g/mol. The van der Waals surface area contributed by atoms with Crippen molar-refractivity contribution in [1.29, 1.82) is 5.26 Å². The second kappa shape index (κ2) is 8.71. The molecule has 0 radical (unpaired) electrons. The second-order valence-electron chi connectivity index (χ2n) is 9.07. The first-order valence-corrected chi connectivity index (χ1v) is 11.4. The van der Waals surface area contributed by atoms with E-state index in [0.29, 0.717) is 30.4 Å². The molecule has 34 heavy (non-hydrogen) atoms. The van der Waals surface area contributed by atoms with Crippen LogP contribution in [0.3, 0.4) is 0 Å². The first-order valence-electron chi connectivity index (χ1n) is 11.4. The molecule has 9 nitrogen and oxygen atoms in total. The quantitative estimate of drug-likeness (QED) is 0.585. The van der Waals surface area contributed by atoms with Gasteiger partial charge < -0.3 is 10.2 Å². The number of aryl methyl sites for hydroxylation is 1. The fourth-order valence-corrected chi connectivity index (χ4v) is 4.85. The molecule has 3 heterocycles. The predicted octanol–water partition coefficient (Wildman–Crippen LogP) is 3.11. The van der Waals surface area contributed by atoms with E-state index in [1.165, 1.54) is 0 Å². The van der Waals surface area contributed by atoms with Gasteiger partial charge in [0.25, 0.3) is 0 Å². The third-order valence-corrected chi connectivity index (χ3v) is 6.72. The van der Waals surface area contributed by atoms with Crippen LogP contribution in [0.5, 0.6) is 0 Å². The Morgan fingerprint density at radius 1 is 1.29 bits per heavy atom. The molecule has 172 valence electrons. The molecular weight excluding hydrogens is 430 g/mol. The van der Waals surface area contributed by atoms with E-state index in [1.54, 1.807) is 35.0 Å². The van der Waals surface area contributed by atoms with E-state index in [1.807, 2.05) is 30.5 Å². The number of benzene rings is 1. The number of carbonyl (C=O) groups is 2. The molecule has 1 atom stereocenters. The standard InChI is InChI=1S/C25H25N7O2/c1-31-16-21(29-30-31)18-4-2-3-17(13-18)14-23(33)28-22-15-20(7-11-27-22)32-12-9-25(8-10-26,24(32)34)19-5-6-19/h2-4,7,11,13,15-16,19H,5-6,8-9,12,14H2,1H3,(H,27,28,33)/t25-/m0/s1. The molecule has 1 aliphatic heterocycles. The first kappa shape index (κ1) is 21.8. The zero-order valence-corrected chi connectivity index (χ0v) is 18.9. The second-order valence-corrected chi connectivity index (χ2v) is 9.07. The highest BCUT2D eigenvalue weighted by Crippen LogP contribution is 2.54. The van der Waals surface area contributed by atoms with Crippen LogP contribution < -0.4 is 10.2 Å². The third-order valence-electron chi connectivity index (χ3n) is 6.72. The van der Waals surface area contributed by atoms with Gasteiger partial charge in [-0.1, -0.05) is 23.4 Å². The number of amides is 2. The third kappa shape index (κ3) is 4.15. The Hall–Kier alpha value is -4.06. The van der Waals surface area contributed by atoms with Crippen molar-refractivity contribution in [2.24, 2.45) is 18.4 Å². The fourth-order valence-electron chi connectivity index (χ4n) is 4.85. The monoisotopic (exact) mass is 455 g/mol. The Bertz CT molecular complexity index is 1290. The van der Waals surface area contributed by atoms with E-state index in [-0.39, 0.29) is 24.7 Å². The van der Waals surface area contributed by atoms with Crippen molar-refractivity contribution in [2.45, 2.75) is 32.1 Å². The normalized spacial score (nSPS) is 19.8. The molecule has 2 fully saturated rings. The van der Waals surface area contributed by atoms with Crippen molar-refractivity contribution in [3.8, 4) is 17.3 Å². The fraction of sp³-hybridized carbons (Fsp3) is 0.360. The number of rotatable bonds is 7. The van der Waals surface area contributed by atoms with Crippen LogP contribution in [-0.2, 0) is 23.1 Å². The van der Waals surface area contributed by atoms with Crippen LogP contribution in [0.4, 0.5) is 11.5 Å². The number of nitriles is 1. The van der Waals surface area contributed by atoms with E-state index < -0.39 is 5.41 Å². The summed E-state index contributed by atoms with van der Waals surface area (Å²) in [5.41, 5.74) is 2.61. The van der Waals surface area contributed by atoms with Crippen LogP contribution in [0.15, 0.2) is 48.8 Å². The molecule has 3 aromatic rings. The molecule has 9 heteroatoms. The van der Waals surface area contributed by atoms with Gasteiger partial charge in [0.05, 0.1) is 24.1 Å². The molecule has 2 aliphatic rings. The van der Waals surface area contributed by atoms with Crippen molar-refractivity contribution >= 4 is 23.3 Å². The lowest BCUT2D eigenvalue weighted by Gasteiger charge is -2.25. The van der Waals surface area contributed by atoms with Crippen LogP contribution in [0, 0.1) is 22.7 Å². The molecular formula is C25H25N7O2. The zero-order valence-electron chi connectivity index (χ0n) is 18.9. The molecule has 2 aromatic heterocycles. The van der Waals surface area contributed by atoms with Gasteiger partial charge in [0.1, 0.15) is 11.5 Å². The Balaban J connectivity index is 1.27. The van der Waals surface area contributed by atoms with Crippen LogP contribution in [0.1, 0.15) is 31.2 Å². The van der Waals surface area contributed by atoms with Gasteiger partial charge in [-0.2, -0.15) is 5.26 Å². The van der Waals surface area contributed by atoms with Gasteiger partial charge >= 0.3 is 0 Å². The maximum Gasteiger partial charge on any atom is 0.234 e. The summed E-state index contributed by atoms with van der Waals surface area (Å²) in [4.78, 5) is 32.0. The summed E-state index contributed by atoms with van der Waals surface area (Å²) < 4.78 is 1.63. The highest BCUT2D eigenvalue weighted by molar-refractivity contribution is 6.01.